The second-order valence-electron chi connectivity index (χ2n) is 8.47. The van der Waals surface area contributed by atoms with Crippen molar-refractivity contribution in [3.05, 3.63) is 64.2 Å². The lowest BCUT2D eigenvalue weighted by molar-refractivity contribution is 0.0622. The van der Waals surface area contributed by atoms with Gasteiger partial charge in [-0.2, -0.15) is 5.10 Å². The molecule has 5 rings (SSSR count). The summed E-state index contributed by atoms with van der Waals surface area (Å²) >= 11 is 0. The Labute approximate surface area is 200 Å². The van der Waals surface area contributed by atoms with Crippen molar-refractivity contribution in [3.8, 4) is 11.3 Å². The second kappa shape index (κ2) is 11.2. The first kappa shape index (κ1) is 23.8. The average molecular weight is 460 g/mol. The van der Waals surface area contributed by atoms with Gasteiger partial charge in [0, 0.05) is 31.6 Å². The topological polar surface area (TPSA) is 81.9 Å². The molecule has 34 heavy (non-hydrogen) atoms. The highest BCUT2D eigenvalue weighted by Crippen LogP contribution is 2.17. The summed E-state index contributed by atoms with van der Waals surface area (Å²) in [6.07, 6.45) is 14.6. The predicted octanol–water partition coefficient (Wildman–Crippen LogP) is 2.76. The van der Waals surface area contributed by atoms with Gasteiger partial charge in [0.05, 0.1) is 29.9 Å². The van der Waals surface area contributed by atoms with E-state index in [9.17, 15) is 4.79 Å². The normalized spacial score (nSPS) is 16.9. The second-order valence-corrected chi connectivity index (χ2v) is 8.47. The van der Waals surface area contributed by atoms with Gasteiger partial charge in [0.2, 0.25) is 0 Å². The Balaban J connectivity index is 0.00000133. The standard InChI is InChI=1S/C25H27N5O2.C2H6/c1-30-15-19(14-27-30)22-9-8-17(13-26-22)11-18-12-24(29-23-7-3-2-6-21(18)23)25(31)28-20-5-4-10-32-16-20;1-2/h6-9,12-15,20H,2-5,10-11,16H2,1H3,(H,28,31);1-2H3. The van der Waals surface area contributed by atoms with E-state index in [0.717, 1.165) is 65.2 Å². The van der Waals surface area contributed by atoms with E-state index in [4.69, 9.17) is 4.74 Å². The molecule has 1 fully saturated rings. The maximum atomic E-state index is 12.9. The van der Waals surface area contributed by atoms with Gasteiger partial charge in [-0.3, -0.25) is 14.5 Å². The monoisotopic (exact) mass is 459 g/mol. The molecule has 7 heteroatoms. The van der Waals surface area contributed by atoms with Gasteiger partial charge in [-0.1, -0.05) is 32.1 Å². The maximum Gasteiger partial charge on any atom is 0.270 e. The van der Waals surface area contributed by atoms with E-state index in [1.54, 1.807) is 4.68 Å². The minimum Gasteiger partial charge on any atom is -0.379 e. The number of carbonyl (C=O) groups excluding carboxylic acids is 1. The number of ether oxygens (including phenoxy) is 1. The van der Waals surface area contributed by atoms with Crippen LogP contribution in [0.15, 0.2) is 36.8 Å². The molecule has 1 unspecified atom stereocenters. The van der Waals surface area contributed by atoms with Crippen molar-refractivity contribution in [3.63, 3.8) is 0 Å². The summed E-state index contributed by atoms with van der Waals surface area (Å²) in [6, 6.07) is 6.10. The lowest BCUT2D eigenvalue weighted by Gasteiger charge is -2.23. The van der Waals surface area contributed by atoms with E-state index in [0.29, 0.717) is 18.7 Å². The van der Waals surface area contributed by atoms with Gasteiger partial charge in [-0.15, -0.1) is 0 Å². The zero-order valence-corrected chi connectivity index (χ0v) is 20.3. The van der Waals surface area contributed by atoms with Crippen molar-refractivity contribution in [2.75, 3.05) is 13.2 Å². The molecule has 2 aliphatic rings. The summed E-state index contributed by atoms with van der Waals surface area (Å²) in [4.78, 5) is 22.2. The number of rotatable bonds is 5. The summed E-state index contributed by atoms with van der Waals surface area (Å²) in [6.45, 7) is 5.34. The summed E-state index contributed by atoms with van der Waals surface area (Å²) < 4.78 is 7.27. The van der Waals surface area contributed by atoms with Crippen molar-refractivity contribution in [1.82, 2.24) is 25.1 Å². The zero-order chi connectivity index (χ0) is 23.9. The third-order valence-corrected chi connectivity index (χ3v) is 5.97. The molecule has 3 aromatic heterocycles. The number of nitrogens with zero attached hydrogens (tertiary/aromatic N) is 4. The third kappa shape index (κ3) is 5.59. The Morgan fingerprint density at radius 1 is 1.21 bits per heavy atom. The minimum atomic E-state index is -0.131. The Bertz CT molecular complexity index is 1240. The molecule has 1 amide bonds. The fourth-order valence-electron chi connectivity index (χ4n) is 4.32. The first-order valence-corrected chi connectivity index (χ1v) is 12.2. The van der Waals surface area contributed by atoms with Crippen LogP contribution in [0.1, 0.15) is 61.1 Å². The molecule has 7 nitrogen and oxygen atoms in total. The van der Waals surface area contributed by atoms with Crippen LogP contribution in [0.25, 0.3) is 23.4 Å². The van der Waals surface area contributed by atoms with Crippen molar-refractivity contribution in [1.29, 1.82) is 0 Å². The van der Waals surface area contributed by atoms with Crippen LogP contribution in [-0.2, 0) is 18.2 Å². The number of pyridine rings is 2. The highest BCUT2D eigenvalue weighted by molar-refractivity contribution is 5.92. The molecule has 0 aromatic carbocycles. The number of nitrogens with one attached hydrogen (secondary N) is 1. The van der Waals surface area contributed by atoms with E-state index in [2.05, 4.69) is 38.6 Å². The smallest absolute Gasteiger partial charge is 0.270 e. The lowest BCUT2D eigenvalue weighted by atomic mass is 10.00. The van der Waals surface area contributed by atoms with Crippen molar-refractivity contribution < 1.29 is 9.53 Å². The van der Waals surface area contributed by atoms with E-state index in [-0.39, 0.29) is 11.9 Å². The van der Waals surface area contributed by atoms with Crippen LogP contribution in [0.2, 0.25) is 0 Å². The average Bonchev–Trinajstić information content (AvgIpc) is 3.32. The van der Waals surface area contributed by atoms with Crippen LogP contribution in [0, 0.1) is 0 Å². The fourth-order valence-corrected chi connectivity index (χ4v) is 4.32. The number of amides is 1. The number of aryl methyl sites for hydroxylation is 1. The molecule has 3 aromatic rings. The Kier molecular flexibility index (Phi) is 7.85. The molecule has 0 radical (unpaired) electrons. The van der Waals surface area contributed by atoms with E-state index >= 15 is 0 Å². The fraction of sp³-hybridized carbons (Fsp3) is 0.407. The SMILES string of the molecule is CC.Cn1cc(-c2ccc(Cc3cc(C(=O)NC4CCCOC4)nc4c3=CCCC=4)cn2)cn1. The van der Waals surface area contributed by atoms with Gasteiger partial charge in [0.15, 0.2) is 0 Å². The molecule has 0 saturated carbocycles. The van der Waals surface area contributed by atoms with Crippen molar-refractivity contribution in [2.45, 2.75) is 52.0 Å². The van der Waals surface area contributed by atoms with Crippen molar-refractivity contribution >= 4 is 18.1 Å². The number of aromatic nitrogens is 4. The molecule has 1 N–H and O–H groups in total. The minimum absolute atomic E-state index is 0.0531. The van der Waals surface area contributed by atoms with Crippen molar-refractivity contribution in [2.24, 2.45) is 7.05 Å². The summed E-state index contributed by atoms with van der Waals surface area (Å²) in [7, 11) is 1.90. The summed E-state index contributed by atoms with van der Waals surface area (Å²) in [5, 5.41) is 9.34. The molecule has 4 heterocycles. The Morgan fingerprint density at radius 2 is 2.06 bits per heavy atom. The van der Waals surface area contributed by atoms with Gasteiger partial charge in [0.25, 0.3) is 5.91 Å². The third-order valence-electron chi connectivity index (χ3n) is 5.97. The lowest BCUT2D eigenvalue weighted by Crippen LogP contribution is -2.43. The quantitative estimate of drug-likeness (QED) is 0.635. The molecule has 1 aliphatic heterocycles. The van der Waals surface area contributed by atoms with E-state index in [1.165, 1.54) is 0 Å². The first-order valence-electron chi connectivity index (χ1n) is 12.2. The number of carbonyl (C=O) groups is 1. The van der Waals surface area contributed by atoms with Crippen LogP contribution in [0.3, 0.4) is 0 Å². The predicted molar refractivity (Wildman–Crippen MR) is 134 cm³/mol. The van der Waals surface area contributed by atoms with Crippen LogP contribution >= 0.6 is 0 Å². The van der Waals surface area contributed by atoms with Gasteiger partial charge in [0.1, 0.15) is 5.69 Å². The Hall–Kier alpha value is -3.32. The number of fused-ring (bicyclic) bond motifs is 1. The molecule has 178 valence electrons. The van der Waals surface area contributed by atoms with Gasteiger partial charge in [-0.05, 0) is 60.6 Å². The van der Waals surface area contributed by atoms with Gasteiger partial charge >= 0.3 is 0 Å². The molecular formula is C27H33N5O2. The Morgan fingerprint density at radius 3 is 2.76 bits per heavy atom. The van der Waals surface area contributed by atoms with E-state index in [1.807, 2.05) is 51.6 Å². The van der Waals surface area contributed by atoms with Crippen LogP contribution in [-0.4, -0.2) is 44.9 Å². The summed E-state index contributed by atoms with van der Waals surface area (Å²) in [5.41, 5.74) is 4.56. The molecule has 1 aliphatic carbocycles. The molecule has 1 atom stereocenters. The highest BCUT2D eigenvalue weighted by atomic mass is 16.5. The van der Waals surface area contributed by atoms with Gasteiger partial charge in [-0.25, -0.2) is 4.98 Å². The van der Waals surface area contributed by atoms with Crippen LogP contribution in [0.5, 0.6) is 0 Å². The molecule has 0 bridgehead atoms. The number of hydrogen-bond acceptors (Lipinski definition) is 5. The molecule has 0 spiro atoms. The van der Waals surface area contributed by atoms with E-state index < -0.39 is 0 Å². The summed E-state index contributed by atoms with van der Waals surface area (Å²) in [5.74, 6) is -0.131. The van der Waals surface area contributed by atoms with Gasteiger partial charge < -0.3 is 10.1 Å². The first-order chi connectivity index (χ1) is 16.7. The molecule has 1 saturated heterocycles. The van der Waals surface area contributed by atoms with Crippen LogP contribution < -0.4 is 15.9 Å². The number of hydrogen-bond donors (Lipinski definition) is 1. The molecular weight excluding hydrogens is 426 g/mol. The highest BCUT2D eigenvalue weighted by Gasteiger charge is 2.19. The largest absolute Gasteiger partial charge is 0.379 e. The van der Waals surface area contributed by atoms with Crippen LogP contribution in [0.4, 0.5) is 0 Å². The maximum absolute atomic E-state index is 12.9. The zero-order valence-electron chi connectivity index (χ0n) is 20.3.